The summed E-state index contributed by atoms with van der Waals surface area (Å²) in [4.78, 5) is 37.8. The predicted molar refractivity (Wildman–Crippen MR) is 99.8 cm³/mol. The van der Waals surface area contributed by atoms with Gasteiger partial charge < -0.3 is 14.3 Å². The molecule has 1 fully saturated rings. The van der Waals surface area contributed by atoms with E-state index in [2.05, 4.69) is 6.92 Å². The first-order valence-electron chi connectivity index (χ1n) is 10.1. The van der Waals surface area contributed by atoms with Crippen molar-refractivity contribution in [3.63, 3.8) is 0 Å². The molecule has 1 saturated carbocycles. The molecule has 0 aromatic carbocycles. The molecule has 6 heteroatoms. The summed E-state index contributed by atoms with van der Waals surface area (Å²) in [6.07, 6.45) is 2.77. The lowest BCUT2D eigenvalue weighted by molar-refractivity contribution is -0.159. The fraction of sp³-hybridized carbons (Fsp3) is 0.682. The first kappa shape index (κ1) is 19.4. The number of hydrogen-bond donors (Lipinski definition) is 1. The Balaban J connectivity index is 1.99. The Hall–Kier alpha value is -1.95. The lowest BCUT2D eigenvalue weighted by atomic mass is 9.64. The second kappa shape index (κ2) is 5.78. The molecule has 152 valence electrons. The molecule has 0 amide bonds. The van der Waals surface area contributed by atoms with Crippen LogP contribution in [0.1, 0.15) is 82.0 Å². The number of aliphatic hydroxyl groups is 1. The van der Waals surface area contributed by atoms with E-state index in [1.165, 1.54) is 13.2 Å². The van der Waals surface area contributed by atoms with E-state index in [0.29, 0.717) is 30.4 Å². The molecule has 6 nitrogen and oxygen atoms in total. The Bertz CT molecular complexity index is 882. The summed E-state index contributed by atoms with van der Waals surface area (Å²) in [5.74, 6) is -1.27. The van der Waals surface area contributed by atoms with Crippen LogP contribution in [0.5, 0.6) is 0 Å². The minimum absolute atomic E-state index is 0.00123. The van der Waals surface area contributed by atoms with Gasteiger partial charge >= 0.3 is 5.97 Å². The van der Waals surface area contributed by atoms with Crippen LogP contribution in [-0.2, 0) is 25.3 Å². The van der Waals surface area contributed by atoms with E-state index in [0.717, 1.165) is 6.42 Å². The van der Waals surface area contributed by atoms with Gasteiger partial charge in [0.1, 0.15) is 12.0 Å². The van der Waals surface area contributed by atoms with Crippen molar-refractivity contribution in [1.29, 1.82) is 0 Å². The van der Waals surface area contributed by atoms with Gasteiger partial charge in [0.05, 0.1) is 5.56 Å². The van der Waals surface area contributed by atoms with Crippen LogP contribution in [0.25, 0.3) is 0 Å². The van der Waals surface area contributed by atoms with Crippen LogP contribution in [0.3, 0.4) is 0 Å². The first-order valence-corrected chi connectivity index (χ1v) is 10.1. The Morgan fingerprint density at radius 2 is 1.93 bits per heavy atom. The maximum atomic E-state index is 13.6. The van der Waals surface area contributed by atoms with Crippen LogP contribution >= 0.6 is 0 Å². The molecule has 4 rings (SSSR count). The largest absolute Gasteiger partial charge is 0.465 e. The normalized spacial score (nSPS) is 39.5. The van der Waals surface area contributed by atoms with Crippen molar-refractivity contribution in [2.45, 2.75) is 77.4 Å². The summed E-state index contributed by atoms with van der Waals surface area (Å²) in [6, 6.07) is 0. The first-order chi connectivity index (χ1) is 13.0. The fourth-order valence-corrected chi connectivity index (χ4v) is 6.20. The van der Waals surface area contributed by atoms with Crippen molar-refractivity contribution < 1.29 is 28.6 Å². The number of esters is 1. The van der Waals surface area contributed by atoms with E-state index < -0.39 is 28.9 Å². The molecule has 1 aromatic heterocycles. The molecule has 28 heavy (non-hydrogen) atoms. The highest BCUT2D eigenvalue weighted by atomic mass is 16.5. The number of Topliss-reactive ketones (excluding diaryl/α,β-unsaturated/α-hetero) is 2. The number of carbonyl (C=O) groups is 3. The average Bonchev–Trinajstić information content (AvgIpc) is 3.11. The Morgan fingerprint density at radius 1 is 1.25 bits per heavy atom. The van der Waals surface area contributed by atoms with E-state index in [4.69, 9.17) is 9.15 Å². The summed E-state index contributed by atoms with van der Waals surface area (Å²) < 4.78 is 11.2. The van der Waals surface area contributed by atoms with Gasteiger partial charge in [0.25, 0.3) is 0 Å². The van der Waals surface area contributed by atoms with Gasteiger partial charge in [0.2, 0.25) is 5.78 Å². The van der Waals surface area contributed by atoms with Gasteiger partial charge in [-0.3, -0.25) is 14.4 Å². The van der Waals surface area contributed by atoms with E-state index in [1.807, 2.05) is 20.8 Å². The molecule has 1 N–H and O–H groups in total. The molecule has 0 aliphatic heterocycles. The van der Waals surface area contributed by atoms with Gasteiger partial charge in [0.15, 0.2) is 17.5 Å². The maximum absolute atomic E-state index is 13.6. The van der Waals surface area contributed by atoms with Gasteiger partial charge in [-0.1, -0.05) is 27.7 Å². The summed E-state index contributed by atoms with van der Waals surface area (Å²) in [5.41, 5.74) is -1.97. The summed E-state index contributed by atoms with van der Waals surface area (Å²) in [5, 5.41) is 12.0. The molecule has 0 radical (unpaired) electrons. The monoisotopic (exact) mass is 388 g/mol. The summed E-state index contributed by atoms with van der Waals surface area (Å²) in [6.45, 7) is 9.22. The van der Waals surface area contributed by atoms with Crippen molar-refractivity contribution in [1.82, 2.24) is 0 Å². The maximum Gasteiger partial charge on any atom is 0.303 e. The van der Waals surface area contributed by atoms with E-state index in [9.17, 15) is 19.5 Å². The van der Waals surface area contributed by atoms with Crippen molar-refractivity contribution in [3.05, 3.63) is 23.2 Å². The highest BCUT2D eigenvalue weighted by molar-refractivity contribution is 6.02. The number of hydrogen-bond acceptors (Lipinski definition) is 6. The molecule has 1 aromatic rings. The molecule has 3 aliphatic carbocycles. The zero-order valence-corrected chi connectivity index (χ0v) is 17.1. The van der Waals surface area contributed by atoms with E-state index >= 15 is 0 Å². The molecule has 1 heterocycles. The van der Waals surface area contributed by atoms with Gasteiger partial charge in [-0.2, -0.15) is 0 Å². The fourth-order valence-electron chi connectivity index (χ4n) is 6.20. The number of ether oxygens (including phenoxy) is 1. The van der Waals surface area contributed by atoms with Crippen molar-refractivity contribution in [2.75, 3.05) is 0 Å². The van der Waals surface area contributed by atoms with Crippen LogP contribution in [0, 0.1) is 17.3 Å². The van der Waals surface area contributed by atoms with Crippen molar-refractivity contribution in [2.24, 2.45) is 17.3 Å². The molecule has 5 unspecified atom stereocenters. The van der Waals surface area contributed by atoms with Gasteiger partial charge in [-0.05, 0) is 30.6 Å². The lowest BCUT2D eigenvalue weighted by Gasteiger charge is -2.41. The third kappa shape index (κ3) is 2.15. The zero-order valence-electron chi connectivity index (χ0n) is 17.1. The minimum atomic E-state index is -1.93. The van der Waals surface area contributed by atoms with Crippen LogP contribution < -0.4 is 0 Å². The smallest absolute Gasteiger partial charge is 0.303 e. The Kier molecular flexibility index (Phi) is 4.00. The quantitative estimate of drug-likeness (QED) is 0.782. The number of carbonyl (C=O) groups excluding carboxylic acids is 3. The van der Waals surface area contributed by atoms with E-state index in [1.54, 1.807) is 0 Å². The third-order valence-electron chi connectivity index (χ3n) is 7.64. The van der Waals surface area contributed by atoms with Crippen LogP contribution in [-0.4, -0.2) is 28.7 Å². The molecular weight excluding hydrogens is 360 g/mol. The Labute approximate surface area is 164 Å². The molecule has 5 atom stereocenters. The van der Waals surface area contributed by atoms with Gasteiger partial charge in [-0.15, -0.1) is 0 Å². The predicted octanol–water partition coefficient (Wildman–Crippen LogP) is 3.29. The topological polar surface area (TPSA) is 93.8 Å². The van der Waals surface area contributed by atoms with Crippen molar-refractivity contribution >= 4 is 17.5 Å². The van der Waals surface area contributed by atoms with Crippen LogP contribution in [0.15, 0.2) is 10.7 Å². The molecule has 0 spiro atoms. The van der Waals surface area contributed by atoms with Gasteiger partial charge in [-0.25, -0.2) is 0 Å². The number of ketones is 2. The average molecular weight is 388 g/mol. The van der Waals surface area contributed by atoms with Gasteiger partial charge in [0, 0.05) is 30.2 Å². The Morgan fingerprint density at radius 3 is 2.54 bits per heavy atom. The highest BCUT2D eigenvalue weighted by Crippen LogP contribution is 2.64. The van der Waals surface area contributed by atoms with E-state index in [-0.39, 0.29) is 28.8 Å². The van der Waals surface area contributed by atoms with Crippen molar-refractivity contribution in [3.8, 4) is 0 Å². The molecule has 0 saturated heterocycles. The highest BCUT2D eigenvalue weighted by Gasteiger charge is 2.72. The van der Waals surface area contributed by atoms with Crippen LogP contribution in [0.4, 0.5) is 0 Å². The summed E-state index contributed by atoms with van der Waals surface area (Å²) in [7, 11) is 0. The number of furan rings is 1. The standard InChI is InChI=1S/C22H28O6/c1-11(2)15-17(28-12(3)23)18(25)22(26)19-16-13(10-27-19)14(24)6-7-20(16,4)8-9-21(15,22)5/h10-11,15,17,26H,6-9H2,1-5H3. The third-order valence-corrected chi connectivity index (χ3v) is 7.64. The lowest BCUT2D eigenvalue weighted by Crippen LogP contribution is -2.46. The molecule has 3 aliphatic rings. The SMILES string of the molecule is CC(=O)OC1C(=O)C2(O)c3occ4c3C(C)(CCC4=O)CCC2(C)C1C(C)C. The minimum Gasteiger partial charge on any atom is -0.465 e. The number of rotatable bonds is 2. The molecular formula is C22H28O6. The second-order valence-corrected chi connectivity index (χ2v) is 9.63. The second-order valence-electron chi connectivity index (χ2n) is 9.63. The summed E-state index contributed by atoms with van der Waals surface area (Å²) >= 11 is 0. The zero-order chi connectivity index (χ0) is 20.6. The van der Waals surface area contributed by atoms with Crippen LogP contribution in [0.2, 0.25) is 0 Å². The molecule has 0 bridgehead atoms. The number of fused-ring (bicyclic) bond motifs is 2.